The van der Waals surface area contributed by atoms with Crippen LogP contribution in [-0.2, 0) is 20.5 Å². The van der Waals surface area contributed by atoms with Crippen LogP contribution in [-0.4, -0.2) is 24.0 Å². The highest BCUT2D eigenvalue weighted by Gasteiger charge is 2.51. The molecular weight excluding hydrogens is 361 g/mol. The number of allylic oxidation sites excluding steroid dienone is 1. The van der Waals surface area contributed by atoms with Gasteiger partial charge in [0, 0.05) is 22.9 Å². The molecule has 0 aliphatic carbocycles. The standard InChI is InChI=1S/C19H21F3N2O3/c1-5-26-17(25)14-10(2)23-18(4)16(11(3)24-27-18)15(14)12-7-6-8-13(9-12)19(20,21)22/h6-9,14-15,24H,5H2,1-4H3. The molecule has 2 aliphatic rings. The van der Waals surface area contributed by atoms with Gasteiger partial charge < -0.3 is 4.74 Å². The normalized spacial score (nSPS) is 27.7. The Hall–Kier alpha value is -2.35. The number of aliphatic imine (C=N–C) groups is 1. The summed E-state index contributed by atoms with van der Waals surface area (Å²) in [5.41, 5.74) is 2.98. The van der Waals surface area contributed by atoms with E-state index in [1.807, 2.05) is 0 Å². The monoisotopic (exact) mass is 382 g/mol. The van der Waals surface area contributed by atoms with Gasteiger partial charge >= 0.3 is 12.1 Å². The number of carbonyl (C=O) groups excluding carboxylic acids is 1. The predicted molar refractivity (Wildman–Crippen MR) is 92.7 cm³/mol. The average Bonchev–Trinajstić information content (AvgIpc) is 2.87. The average molecular weight is 382 g/mol. The molecule has 3 rings (SSSR count). The van der Waals surface area contributed by atoms with Crippen LogP contribution < -0.4 is 5.48 Å². The zero-order valence-electron chi connectivity index (χ0n) is 15.5. The molecule has 0 amide bonds. The number of nitrogens with zero attached hydrogens (tertiary/aromatic N) is 1. The van der Waals surface area contributed by atoms with Gasteiger partial charge in [-0.25, -0.2) is 4.84 Å². The Bertz CT molecular complexity index is 832. The number of hydroxylamine groups is 1. The smallest absolute Gasteiger partial charge is 0.416 e. The molecule has 0 spiro atoms. The highest BCUT2D eigenvalue weighted by atomic mass is 19.4. The maximum Gasteiger partial charge on any atom is 0.416 e. The lowest BCUT2D eigenvalue weighted by atomic mass is 9.72. The van der Waals surface area contributed by atoms with Crippen molar-refractivity contribution in [1.82, 2.24) is 5.48 Å². The fraction of sp³-hybridized carbons (Fsp3) is 0.474. The molecular formula is C19H21F3N2O3. The molecule has 3 unspecified atom stereocenters. The Kier molecular flexibility index (Phi) is 4.80. The Morgan fingerprint density at radius 3 is 2.70 bits per heavy atom. The van der Waals surface area contributed by atoms with E-state index in [0.29, 0.717) is 22.5 Å². The van der Waals surface area contributed by atoms with Crippen LogP contribution in [0, 0.1) is 5.92 Å². The molecule has 2 aliphatic heterocycles. The number of benzene rings is 1. The number of alkyl halides is 3. The van der Waals surface area contributed by atoms with Crippen LogP contribution in [0.2, 0.25) is 0 Å². The first-order valence-electron chi connectivity index (χ1n) is 8.64. The van der Waals surface area contributed by atoms with Gasteiger partial charge in [-0.2, -0.15) is 13.2 Å². The summed E-state index contributed by atoms with van der Waals surface area (Å²) in [6, 6.07) is 5.02. The van der Waals surface area contributed by atoms with Crippen molar-refractivity contribution in [2.45, 2.75) is 45.5 Å². The van der Waals surface area contributed by atoms with Crippen molar-refractivity contribution in [1.29, 1.82) is 0 Å². The molecule has 2 heterocycles. The van der Waals surface area contributed by atoms with E-state index in [-0.39, 0.29) is 6.61 Å². The van der Waals surface area contributed by atoms with E-state index < -0.39 is 35.3 Å². The molecule has 27 heavy (non-hydrogen) atoms. The van der Waals surface area contributed by atoms with Crippen LogP contribution in [0.4, 0.5) is 13.2 Å². The maximum atomic E-state index is 13.2. The molecule has 0 saturated carbocycles. The number of nitrogens with one attached hydrogen (secondary N) is 1. The van der Waals surface area contributed by atoms with Gasteiger partial charge in [0.1, 0.15) is 5.92 Å². The molecule has 1 aromatic rings. The summed E-state index contributed by atoms with van der Waals surface area (Å²) in [6.45, 7) is 6.99. The van der Waals surface area contributed by atoms with Gasteiger partial charge in [-0.05, 0) is 39.3 Å². The Morgan fingerprint density at radius 2 is 2.07 bits per heavy atom. The zero-order valence-corrected chi connectivity index (χ0v) is 15.5. The second-order valence-electron chi connectivity index (χ2n) is 6.81. The van der Waals surface area contributed by atoms with Gasteiger partial charge in [-0.1, -0.05) is 18.2 Å². The minimum atomic E-state index is -4.48. The minimum absolute atomic E-state index is 0.169. The van der Waals surface area contributed by atoms with Gasteiger partial charge in [0.05, 0.1) is 12.2 Å². The molecule has 3 atom stereocenters. The Morgan fingerprint density at radius 1 is 1.37 bits per heavy atom. The third kappa shape index (κ3) is 3.34. The fourth-order valence-electron chi connectivity index (χ4n) is 3.86. The number of esters is 1. The Balaban J connectivity index is 2.20. The maximum absolute atomic E-state index is 13.2. The van der Waals surface area contributed by atoms with Crippen molar-refractivity contribution in [3.63, 3.8) is 0 Å². The number of rotatable bonds is 3. The van der Waals surface area contributed by atoms with Crippen LogP contribution in [0.5, 0.6) is 0 Å². The van der Waals surface area contributed by atoms with Crippen molar-refractivity contribution in [3.8, 4) is 0 Å². The van der Waals surface area contributed by atoms with E-state index >= 15 is 0 Å². The molecule has 1 aromatic carbocycles. The SMILES string of the molecule is CCOC(=O)C1C(C)=NC2(C)ONC(C)=C2C1c1cccc(C(F)(F)F)c1. The molecule has 8 heteroatoms. The highest BCUT2D eigenvalue weighted by Crippen LogP contribution is 2.49. The third-order valence-corrected chi connectivity index (χ3v) is 4.90. The Labute approximate surface area is 155 Å². The number of hydrogen-bond acceptors (Lipinski definition) is 5. The molecule has 0 saturated heterocycles. The molecule has 146 valence electrons. The van der Waals surface area contributed by atoms with E-state index in [4.69, 9.17) is 9.57 Å². The van der Waals surface area contributed by atoms with Crippen molar-refractivity contribution >= 4 is 11.7 Å². The van der Waals surface area contributed by atoms with Crippen molar-refractivity contribution in [2.75, 3.05) is 6.61 Å². The lowest BCUT2D eigenvalue weighted by Gasteiger charge is -2.37. The molecule has 5 nitrogen and oxygen atoms in total. The lowest BCUT2D eigenvalue weighted by molar-refractivity contribution is -0.146. The third-order valence-electron chi connectivity index (χ3n) is 4.90. The largest absolute Gasteiger partial charge is 0.465 e. The summed E-state index contributed by atoms with van der Waals surface area (Å²) >= 11 is 0. The first-order valence-corrected chi connectivity index (χ1v) is 8.64. The first kappa shape index (κ1) is 19.4. The quantitative estimate of drug-likeness (QED) is 0.804. The number of fused-ring (bicyclic) bond motifs is 1. The van der Waals surface area contributed by atoms with Gasteiger partial charge in [0.2, 0.25) is 5.72 Å². The van der Waals surface area contributed by atoms with Crippen molar-refractivity contribution < 1.29 is 27.5 Å². The van der Waals surface area contributed by atoms with Gasteiger partial charge in [0.15, 0.2) is 0 Å². The van der Waals surface area contributed by atoms with Crippen LogP contribution in [0.25, 0.3) is 0 Å². The van der Waals surface area contributed by atoms with E-state index in [9.17, 15) is 18.0 Å². The summed E-state index contributed by atoms with van der Waals surface area (Å²) in [7, 11) is 0. The summed E-state index contributed by atoms with van der Waals surface area (Å²) < 4.78 is 44.9. The highest BCUT2D eigenvalue weighted by molar-refractivity contribution is 6.03. The molecule has 0 fully saturated rings. The van der Waals surface area contributed by atoms with Crippen LogP contribution >= 0.6 is 0 Å². The molecule has 1 N–H and O–H groups in total. The first-order chi connectivity index (χ1) is 12.6. The molecule has 0 aromatic heterocycles. The predicted octanol–water partition coefficient (Wildman–Crippen LogP) is 3.97. The van der Waals surface area contributed by atoms with Gasteiger partial charge in [-0.15, -0.1) is 0 Å². The van der Waals surface area contributed by atoms with E-state index in [0.717, 1.165) is 12.1 Å². The van der Waals surface area contributed by atoms with E-state index in [1.165, 1.54) is 6.07 Å². The fourth-order valence-corrected chi connectivity index (χ4v) is 3.86. The number of halogens is 3. The second-order valence-corrected chi connectivity index (χ2v) is 6.81. The van der Waals surface area contributed by atoms with Crippen molar-refractivity contribution in [2.24, 2.45) is 10.9 Å². The number of hydrogen-bond donors (Lipinski definition) is 1. The van der Waals surface area contributed by atoms with Gasteiger partial charge in [0.25, 0.3) is 0 Å². The zero-order chi connectivity index (χ0) is 20.0. The minimum Gasteiger partial charge on any atom is -0.465 e. The van der Waals surface area contributed by atoms with Gasteiger partial charge in [-0.3, -0.25) is 15.3 Å². The van der Waals surface area contributed by atoms with Crippen LogP contribution in [0.1, 0.15) is 44.7 Å². The summed E-state index contributed by atoms with van der Waals surface area (Å²) in [5.74, 6) is -2.02. The van der Waals surface area contributed by atoms with Crippen LogP contribution in [0.3, 0.4) is 0 Å². The molecule has 0 bridgehead atoms. The molecule has 0 radical (unpaired) electrons. The number of ether oxygens (including phenoxy) is 1. The summed E-state index contributed by atoms with van der Waals surface area (Å²) in [4.78, 5) is 22.8. The van der Waals surface area contributed by atoms with E-state index in [2.05, 4.69) is 10.5 Å². The van der Waals surface area contributed by atoms with E-state index in [1.54, 1.807) is 33.8 Å². The van der Waals surface area contributed by atoms with Crippen LogP contribution in [0.15, 0.2) is 40.5 Å². The lowest BCUT2D eigenvalue weighted by Crippen LogP contribution is -2.43. The number of carbonyl (C=O) groups is 1. The second kappa shape index (κ2) is 6.67. The summed E-state index contributed by atoms with van der Waals surface area (Å²) in [5, 5.41) is 0. The van der Waals surface area contributed by atoms with Crippen molar-refractivity contribution in [3.05, 3.63) is 46.7 Å². The topological polar surface area (TPSA) is 59.9 Å². The summed E-state index contributed by atoms with van der Waals surface area (Å²) in [6.07, 6.45) is -4.48.